The number of hydrogen-bond acceptors (Lipinski definition) is 3. The summed E-state index contributed by atoms with van der Waals surface area (Å²) in [6.45, 7) is 6.00. The molecule has 116 valence electrons. The molecule has 2 unspecified atom stereocenters. The molecule has 22 heavy (non-hydrogen) atoms. The molecule has 0 spiro atoms. The van der Waals surface area contributed by atoms with Crippen LogP contribution in [0.15, 0.2) is 30.6 Å². The number of fused-ring (bicyclic) bond motifs is 3. The van der Waals surface area contributed by atoms with Gasteiger partial charge in [-0.2, -0.15) is 0 Å². The smallest absolute Gasteiger partial charge is 0.224 e. The first-order chi connectivity index (χ1) is 10.6. The molecule has 3 heterocycles. The predicted octanol–water partition coefficient (Wildman–Crippen LogP) is 1.54. The minimum atomic E-state index is -0.484. The van der Waals surface area contributed by atoms with E-state index in [0.29, 0.717) is 11.8 Å². The Morgan fingerprint density at radius 2 is 2.14 bits per heavy atom. The lowest BCUT2D eigenvalue weighted by atomic mass is 9.61. The van der Waals surface area contributed by atoms with Crippen LogP contribution < -0.4 is 10.6 Å². The van der Waals surface area contributed by atoms with Gasteiger partial charge in [-0.15, -0.1) is 0 Å². The van der Waals surface area contributed by atoms with Crippen LogP contribution in [0.2, 0.25) is 0 Å². The number of carbonyl (C=O) groups is 1. The SMILES string of the molecule is CC(C)(NC(=O)C1C2CNCC1C2)c1ncc2ccccn12. The van der Waals surface area contributed by atoms with Crippen molar-refractivity contribution < 1.29 is 4.79 Å². The molecule has 2 fully saturated rings. The van der Waals surface area contributed by atoms with E-state index in [1.807, 2.05) is 48.8 Å². The zero-order valence-corrected chi connectivity index (χ0v) is 13.0. The molecule has 4 rings (SSSR count). The number of hydrogen-bond donors (Lipinski definition) is 2. The highest BCUT2D eigenvalue weighted by Crippen LogP contribution is 2.43. The fraction of sp³-hybridized carbons (Fsp3) is 0.529. The highest BCUT2D eigenvalue weighted by atomic mass is 16.2. The molecule has 1 aliphatic carbocycles. The van der Waals surface area contributed by atoms with Crippen molar-refractivity contribution in [3.8, 4) is 0 Å². The van der Waals surface area contributed by atoms with E-state index in [1.54, 1.807) is 0 Å². The quantitative estimate of drug-likeness (QED) is 0.904. The van der Waals surface area contributed by atoms with E-state index in [2.05, 4.69) is 15.6 Å². The molecule has 5 heteroatoms. The Morgan fingerprint density at radius 3 is 2.86 bits per heavy atom. The second kappa shape index (κ2) is 4.81. The van der Waals surface area contributed by atoms with Gasteiger partial charge in [0.05, 0.1) is 17.3 Å². The molecular formula is C17H22N4O. The standard InChI is InChI=1S/C17H22N4O/c1-17(2,16-19-10-13-5-3-4-6-21(13)16)20-15(22)14-11-7-12(14)9-18-8-11/h3-6,10-12,14,18H,7-9H2,1-2H3,(H,20,22). The molecule has 0 radical (unpaired) electrons. The average Bonchev–Trinajstić information content (AvgIpc) is 2.92. The molecule has 2 bridgehead atoms. The van der Waals surface area contributed by atoms with Crippen LogP contribution in [-0.4, -0.2) is 28.4 Å². The van der Waals surface area contributed by atoms with Gasteiger partial charge in [-0.1, -0.05) is 6.07 Å². The molecule has 1 saturated heterocycles. The Bertz CT molecular complexity index is 706. The van der Waals surface area contributed by atoms with E-state index in [-0.39, 0.29) is 11.8 Å². The van der Waals surface area contributed by atoms with Gasteiger partial charge in [0.25, 0.3) is 0 Å². The van der Waals surface area contributed by atoms with Crippen molar-refractivity contribution in [2.45, 2.75) is 25.8 Å². The monoisotopic (exact) mass is 298 g/mol. The van der Waals surface area contributed by atoms with Gasteiger partial charge in [0.1, 0.15) is 5.82 Å². The summed E-state index contributed by atoms with van der Waals surface area (Å²) in [5.41, 5.74) is 0.562. The maximum absolute atomic E-state index is 12.7. The van der Waals surface area contributed by atoms with Crippen molar-refractivity contribution >= 4 is 11.4 Å². The molecule has 1 aliphatic heterocycles. The van der Waals surface area contributed by atoms with Crippen molar-refractivity contribution in [3.05, 3.63) is 36.4 Å². The number of carbonyl (C=O) groups excluding carboxylic acids is 1. The first-order valence-electron chi connectivity index (χ1n) is 8.01. The van der Waals surface area contributed by atoms with Gasteiger partial charge < -0.3 is 15.0 Å². The van der Waals surface area contributed by atoms with Crippen molar-refractivity contribution in [1.29, 1.82) is 0 Å². The Labute approximate surface area is 130 Å². The third-order valence-corrected chi connectivity index (χ3v) is 5.17. The molecule has 5 nitrogen and oxygen atoms in total. The van der Waals surface area contributed by atoms with Crippen molar-refractivity contribution in [3.63, 3.8) is 0 Å². The number of rotatable bonds is 3. The Balaban J connectivity index is 1.57. The van der Waals surface area contributed by atoms with Crippen LogP contribution >= 0.6 is 0 Å². The Morgan fingerprint density at radius 1 is 1.36 bits per heavy atom. The Hall–Kier alpha value is -1.88. The molecule has 1 saturated carbocycles. The maximum atomic E-state index is 12.7. The van der Waals surface area contributed by atoms with Crippen LogP contribution in [0.4, 0.5) is 0 Å². The van der Waals surface area contributed by atoms with Crippen LogP contribution in [0.5, 0.6) is 0 Å². The fourth-order valence-electron chi connectivity index (χ4n) is 4.03. The van der Waals surface area contributed by atoms with E-state index in [0.717, 1.165) is 24.4 Å². The fourth-order valence-corrected chi connectivity index (χ4v) is 4.03. The van der Waals surface area contributed by atoms with Crippen molar-refractivity contribution in [2.75, 3.05) is 13.1 Å². The summed E-state index contributed by atoms with van der Waals surface area (Å²) in [6.07, 6.45) is 5.04. The normalized spacial score (nSPS) is 27.5. The summed E-state index contributed by atoms with van der Waals surface area (Å²) < 4.78 is 2.05. The molecule has 2 aromatic rings. The zero-order valence-electron chi connectivity index (χ0n) is 13.0. The molecular weight excluding hydrogens is 276 g/mol. The number of imidazole rings is 1. The van der Waals surface area contributed by atoms with Crippen LogP contribution in [0.3, 0.4) is 0 Å². The van der Waals surface area contributed by atoms with Gasteiger partial charge in [-0.3, -0.25) is 4.79 Å². The predicted molar refractivity (Wildman–Crippen MR) is 84.3 cm³/mol. The van der Waals surface area contributed by atoms with Crippen LogP contribution in [0.25, 0.3) is 5.52 Å². The van der Waals surface area contributed by atoms with Gasteiger partial charge >= 0.3 is 0 Å². The summed E-state index contributed by atoms with van der Waals surface area (Å²) >= 11 is 0. The van der Waals surface area contributed by atoms with E-state index < -0.39 is 5.54 Å². The number of pyridine rings is 1. The van der Waals surface area contributed by atoms with E-state index in [1.165, 1.54) is 6.42 Å². The maximum Gasteiger partial charge on any atom is 0.224 e. The first kappa shape index (κ1) is 13.8. The van der Waals surface area contributed by atoms with Crippen molar-refractivity contribution in [1.82, 2.24) is 20.0 Å². The average molecular weight is 298 g/mol. The second-order valence-corrected chi connectivity index (χ2v) is 7.13. The summed E-state index contributed by atoms with van der Waals surface area (Å²) in [7, 11) is 0. The van der Waals surface area contributed by atoms with E-state index in [4.69, 9.17) is 0 Å². The lowest BCUT2D eigenvalue weighted by Crippen LogP contribution is -2.60. The number of piperidine rings is 2. The van der Waals surface area contributed by atoms with Crippen LogP contribution in [0, 0.1) is 17.8 Å². The minimum Gasteiger partial charge on any atom is -0.344 e. The zero-order chi connectivity index (χ0) is 15.3. The van der Waals surface area contributed by atoms with Gasteiger partial charge in [-0.05, 0) is 57.3 Å². The highest BCUT2D eigenvalue weighted by molar-refractivity contribution is 5.81. The summed E-state index contributed by atoms with van der Waals surface area (Å²) in [6, 6.07) is 6.00. The third kappa shape index (κ3) is 2.03. The highest BCUT2D eigenvalue weighted by Gasteiger charge is 2.48. The summed E-state index contributed by atoms with van der Waals surface area (Å²) in [4.78, 5) is 17.2. The second-order valence-electron chi connectivity index (χ2n) is 7.13. The van der Waals surface area contributed by atoms with Crippen molar-refractivity contribution in [2.24, 2.45) is 17.8 Å². The molecule has 2 atom stereocenters. The van der Waals surface area contributed by atoms with E-state index in [9.17, 15) is 4.79 Å². The Kier molecular flexibility index (Phi) is 3.01. The lowest BCUT2D eigenvalue weighted by Gasteiger charge is -2.49. The minimum absolute atomic E-state index is 0.173. The van der Waals surface area contributed by atoms with Gasteiger partial charge in [0.15, 0.2) is 0 Å². The summed E-state index contributed by atoms with van der Waals surface area (Å²) in [5, 5.41) is 6.62. The first-order valence-corrected chi connectivity index (χ1v) is 8.01. The number of amides is 1. The van der Waals surface area contributed by atoms with Gasteiger partial charge in [-0.25, -0.2) is 4.98 Å². The number of nitrogens with zero attached hydrogens (tertiary/aromatic N) is 2. The van der Waals surface area contributed by atoms with Crippen LogP contribution in [-0.2, 0) is 10.3 Å². The van der Waals surface area contributed by atoms with E-state index >= 15 is 0 Å². The number of nitrogens with one attached hydrogen (secondary N) is 2. The van der Waals surface area contributed by atoms with Crippen LogP contribution in [0.1, 0.15) is 26.1 Å². The topological polar surface area (TPSA) is 58.4 Å². The van der Waals surface area contributed by atoms with Gasteiger partial charge in [0.2, 0.25) is 5.91 Å². The third-order valence-electron chi connectivity index (χ3n) is 5.17. The lowest BCUT2D eigenvalue weighted by molar-refractivity contribution is -0.138. The number of aromatic nitrogens is 2. The molecule has 1 amide bonds. The summed E-state index contributed by atoms with van der Waals surface area (Å²) in [5.74, 6) is 2.24. The molecule has 2 aromatic heterocycles. The largest absolute Gasteiger partial charge is 0.344 e. The van der Waals surface area contributed by atoms with Gasteiger partial charge in [0, 0.05) is 12.1 Å². The molecule has 0 aromatic carbocycles. The molecule has 2 N–H and O–H groups in total. The molecule has 2 aliphatic rings.